The van der Waals surface area contributed by atoms with E-state index in [2.05, 4.69) is 10.3 Å². The monoisotopic (exact) mass is 328 g/mol. The van der Waals surface area contributed by atoms with Crippen molar-refractivity contribution in [2.24, 2.45) is 0 Å². The number of hydrogen-bond donors (Lipinski definition) is 2. The van der Waals surface area contributed by atoms with E-state index >= 15 is 0 Å². The summed E-state index contributed by atoms with van der Waals surface area (Å²) in [6.07, 6.45) is 6.46. The van der Waals surface area contributed by atoms with Crippen LogP contribution >= 0.6 is 0 Å². The fourth-order valence-electron chi connectivity index (χ4n) is 3.20. The molecule has 1 aromatic carbocycles. The molecule has 2 aromatic rings. The fourth-order valence-corrected chi connectivity index (χ4v) is 3.20. The summed E-state index contributed by atoms with van der Waals surface area (Å²) in [5.74, 6) is -0.622. The molecule has 1 aromatic heterocycles. The smallest absolute Gasteiger partial charge is 0.322 e. The van der Waals surface area contributed by atoms with Gasteiger partial charge in [-0.15, -0.1) is 0 Å². The molecule has 1 aliphatic rings. The zero-order chi connectivity index (χ0) is 16.9. The predicted molar refractivity (Wildman–Crippen MR) is 91.6 cm³/mol. The van der Waals surface area contributed by atoms with Gasteiger partial charge in [0, 0.05) is 5.69 Å². The van der Waals surface area contributed by atoms with Crippen LogP contribution in [0.2, 0.25) is 0 Å². The molecule has 0 saturated heterocycles. The highest BCUT2D eigenvalue weighted by Gasteiger charge is 2.16. The Morgan fingerprint density at radius 3 is 2.54 bits per heavy atom. The van der Waals surface area contributed by atoms with Crippen LogP contribution in [0.25, 0.3) is 11.1 Å². The molecule has 0 unspecified atom stereocenters. The van der Waals surface area contributed by atoms with Crippen LogP contribution < -0.4 is 5.32 Å². The number of nitrogens with one attached hydrogen (secondary N) is 1. The minimum absolute atomic E-state index is 0.172. The SMILES string of the molecule is O=C(O)CNc1cc(-c2ccc(F)cc2)c2c(n1)CCCCCC2. The number of nitrogens with zero attached hydrogens (tertiary/aromatic N) is 1. The van der Waals surface area contributed by atoms with Crippen molar-refractivity contribution in [2.75, 3.05) is 11.9 Å². The molecular formula is C19H21FN2O2. The highest BCUT2D eigenvalue weighted by molar-refractivity contribution is 5.75. The molecule has 0 bridgehead atoms. The van der Waals surface area contributed by atoms with Gasteiger partial charge in [-0.1, -0.05) is 25.0 Å². The second-order valence-electron chi connectivity index (χ2n) is 6.15. The lowest BCUT2D eigenvalue weighted by Crippen LogP contribution is -2.15. The minimum atomic E-state index is -0.924. The van der Waals surface area contributed by atoms with Crippen molar-refractivity contribution in [3.63, 3.8) is 0 Å². The van der Waals surface area contributed by atoms with Crippen LogP contribution in [0.15, 0.2) is 30.3 Å². The Morgan fingerprint density at radius 2 is 1.83 bits per heavy atom. The first kappa shape index (κ1) is 16.4. The van der Waals surface area contributed by atoms with Gasteiger partial charge in [0.15, 0.2) is 0 Å². The molecule has 24 heavy (non-hydrogen) atoms. The summed E-state index contributed by atoms with van der Waals surface area (Å²) < 4.78 is 13.3. The minimum Gasteiger partial charge on any atom is -0.480 e. The fraction of sp³-hybridized carbons (Fsp3) is 0.368. The molecule has 126 valence electrons. The first-order valence-corrected chi connectivity index (χ1v) is 8.38. The number of benzene rings is 1. The van der Waals surface area contributed by atoms with E-state index in [9.17, 15) is 9.18 Å². The number of fused-ring (bicyclic) bond motifs is 1. The van der Waals surface area contributed by atoms with Crippen LogP contribution in [0.4, 0.5) is 10.2 Å². The Morgan fingerprint density at radius 1 is 1.12 bits per heavy atom. The Bertz CT molecular complexity index is 729. The summed E-state index contributed by atoms with van der Waals surface area (Å²) in [4.78, 5) is 15.5. The Balaban J connectivity index is 2.05. The number of halogens is 1. The van der Waals surface area contributed by atoms with Gasteiger partial charge in [-0.2, -0.15) is 0 Å². The number of anilines is 1. The average Bonchev–Trinajstić information content (AvgIpc) is 2.54. The van der Waals surface area contributed by atoms with E-state index in [1.165, 1.54) is 30.5 Å². The van der Waals surface area contributed by atoms with Gasteiger partial charge in [-0.05, 0) is 60.6 Å². The van der Waals surface area contributed by atoms with Crippen LogP contribution in [-0.4, -0.2) is 22.6 Å². The summed E-state index contributed by atoms with van der Waals surface area (Å²) in [5.41, 5.74) is 4.20. The molecule has 0 saturated carbocycles. The first-order valence-electron chi connectivity index (χ1n) is 8.38. The van der Waals surface area contributed by atoms with Gasteiger partial charge < -0.3 is 10.4 Å². The maximum absolute atomic E-state index is 13.3. The van der Waals surface area contributed by atoms with E-state index in [1.54, 1.807) is 12.1 Å². The lowest BCUT2D eigenvalue weighted by molar-refractivity contribution is -0.134. The number of rotatable bonds is 4. The summed E-state index contributed by atoms with van der Waals surface area (Å²) in [6, 6.07) is 8.33. The van der Waals surface area contributed by atoms with Crippen LogP contribution in [0.1, 0.15) is 36.9 Å². The number of hydrogen-bond acceptors (Lipinski definition) is 3. The van der Waals surface area contributed by atoms with Crippen molar-refractivity contribution < 1.29 is 14.3 Å². The summed E-state index contributed by atoms with van der Waals surface area (Å²) in [7, 11) is 0. The van der Waals surface area contributed by atoms with Crippen molar-refractivity contribution in [1.29, 1.82) is 0 Å². The van der Waals surface area contributed by atoms with Crippen LogP contribution in [0.5, 0.6) is 0 Å². The number of carboxylic acid groups (broad SMARTS) is 1. The van der Waals surface area contributed by atoms with Crippen LogP contribution in [0, 0.1) is 5.82 Å². The third-order valence-corrected chi connectivity index (χ3v) is 4.38. The quantitative estimate of drug-likeness (QED) is 0.889. The molecule has 0 fully saturated rings. The van der Waals surface area contributed by atoms with Crippen LogP contribution in [0.3, 0.4) is 0 Å². The van der Waals surface area contributed by atoms with E-state index in [0.717, 1.165) is 42.5 Å². The van der Waals surface area contributed by atoms with Gasteiger partial charge in [0.2, 0.25) is 0 Å². The predicted octanol–water partition coefficient (Wildman–Crippen LogP) is 4.04. The van der Waals surface area contributed by atoms with Gasteiger partial charge in [-0.25, -0.2) is 9.37 Å². The third-order valence-electron chi connectivity index (χ3n) is 4.38. The zero-order valence-corrected chi connectivity index (χ0v) is 13.5. The van der Waals surface area contributed by atoms with Crippen molar-refractivity contribution in [2.45, 2.75) is 38.5 Å². The second kappa shape index (κ2) is 7.43. The van der Waals surface area contributed by atoms with E-state index < -0.39 is 5.97 Å². The van der Waals surface area contributed by atoms with Gasteiger partial charge in [-0.3, -0.25) is 4.79 Å². The number of aliphatic carboxylic acids is 1. The second-order valence-corrected chi connectivity index (χ2v) is 6.15. The molecule has 0 aliphatic heterocycles. The molecule has 4 nitrogen and oxygen atoms in total. The summed E-state index contributed by atoms with van der Waals surface area (Å²) >= 11 is 0. The van der Waals surface area contributed by atoms with E-state index in [4.69, 9.17) is 5.11 Å². The number of aryl methyl sites for hydroxylation is 1. The number of carbonyl (C=O) groups is 1. The topological polar surface area (TPSA) is 62.2 Å². The summed E-state index contributed by atoms with van der Waals surface area (Å²) in [6.45, 7) is -0.172. The Hall–Kier alpha value is -2.43. The first-order chi connectivity index (χ1) is 11.6. The molecule has 0 amide bonds. The van der Waals surface area contributed by atoms with Crippen molar-refractivity contribution >= 4 is 11.8 Å². The number of aromatic nitrogens is 1. The largest absolute Gasteiger partial charge is 0.480 e. The molecule has 1 heterocycles. The maximum Gasteiger partial charge on any atom is 0.322 e. The normalized spacial score (nSPS) is 14.4. The Labute approximate surface area is 140 Å². The lowest BCUT2D eigenvalue weighted by Gasteiger charge is -2.19. The molecular weight excluding hydrogens is 307 g/mol. The zero-order valence-electron chi connectivity index (χ0n) is 13.5. The highest BCUT2D eigenvalue weighted by atomic mass is 19.1. The number of carboxylic acids is 1. The maximum atomic E-state index is 13.3. The average molecular weight is 328 g/mol. The molecule has 2 N–H and O–H groups in total. The molecule has 5 heteroatoms. The van der Waals surface area contributed by atoms with E-state index in [0.29, 0.717) is 5.82 Å². The molecule has 0 radical (unpaired) electrons. The van der Waals surface area contributed by atoms with E-state index in [-0.39, 0.29) is 12.4 Å². The van der Waals surface area contributed by atoms with Crippen LogP contribution in [-0.2, 0) is 17.6 Å². The molecule has 1 aliphatic carbocycles. The van der Waals surface area contributed by atoms with Gasteiger partial charge in [0.1, 0.15) is 18.2 Å². The molecule has 3 rings (SSSR count). The van der Waals surface area contributed by atoms with Crippen molar-refractivity contribution in [1.82, 2.24) is 4.98 Å². The highest BCUT2D eigenvalue weighted by Crippen LogP contribution is 2.32. The molecule has 0 spiro atoms. The number of pyridine rings is 1. The van der Waals surface area contributed by atoms with Gasteiger partial charge in [0.25, 0.3) is 0 Å². The molecule has 0 atom stereocenters. The van der Waals surface area contributed by atoms with Crippen molar-refractivity contribution in [3.05, 3.63) is 47.4 Å². The standard InChI is InChI=1S/C19H21FN2O2/c20-14-9-7-13(8-10-14)16-11-18(21-12-19(23)24)22-17-6-4-2-1-3-5-15(16)17/h7-11H,1-6,12H2,(H,21,22)(H,23,24). The van der Waals surface area contributed by atoms with Crippen molar-refractivity contribution in [3.8, 4) is 11.1 Å². The van der Waals surface area contributed by atoms with E-state index in [1.807, 2.05) is 6.07 Å². The third kappa shape index (κ3) is 3.91. The Kier molecular flexibility index (Phi) is 5.08. The van der Waals surface area contributed by atoms with Gasteiger partial charge in [0.05, 0.1) is 0 Å². The van der Waals surface area contributed by atoms with Gasteiger partial charge >= 0.3 is 5.97 Å². The summed E-state index contributed by atoms with van der Waals surface area (Å²) in [5, 5.41) is 11.7. The lowest BCUT2D eigenvalue weighted by atomic mass is 9.90.